The lowest BCUT2D eigenvalue weighted by atomic mass is 10.1. The van der Waals surface area contributed by atoms with E-state index in [2.05, 4.69) is 0 Å². The zero-order valence-corrected chi connectivity index (χ0v) is 18.7. The third-order valence-corrected chi connectivity index (χ3v) is 7.33. The minimum atomic E-state index is -3.04. The molecule has 8 nitrogen and oxygen atoms in total. The number of aryl methyl sites for hydroxylation is 2. The molecule has 0 aliphatic carbocycles. The van der Waals surface area contributed by atoms with Crippen LogP contribution in [0.3, 0.4) is 0 Å². The third-order valence-electron chi connectivity index (χ3n) is 5.58. The maximum absolute atomic E-state index is 12.6. The first-order valence-electron chi connectivity index (χ1n) is 10.0. The van der Waals surface area contributed by atoms with Crippen molar-refractivity contribution in [2.24, 2.45) is 0 Å². The van der Waals surface area contributed by atoms with Gasteiger partial charge in [0.05, 0.1) is 18.6 Å². The number of rotatable bonds is 8. The minimum Gasteiger partial charge on any atom is -0.504 e. The number of aromatic hydroxyl groups is 1. The van der Waals surface area contributed by atoms with Crippen LogP contribution in [0.2, 0.25) is 0 Å². The van der Waals surface area contributed by atoms with E-state index in [4.69, 9.17) is 9.47 Å². The highest BCUT2D eigenvalue weighted by Gasteiger charge is 2.31. The van der Waals surface area contributed by atoms with Crippen molar-refractivity contribution in [3.8, 4) is 11.5 Å². The fourth-order valence-electron chi connectivity index (χ4n) is 4.03. The Morgan fingerprint density at radius 1 is 1.23 bits per heavy atom. The Hall–Kier alpha value is -2.81. The molecule has 1 saturated heterocycles. The first-order chi connectivity index (χ1) is 14.6. The molecule has 168 valence electrons. The van der Waals surface area contributed by atoms with Crippen molar-refractivity contribution in [3.05, 3.63) is 46.8 Å². The zero-order valence-electron chi connectivity index (χ0n) is 17.9. The van der Waals surface area contributed by atoms with Gasteiger partial charge in [-0.05, 0) is 50.5 Å². The number of ketones is 1. The van der Waals surface area contributed by atoms with Crippen molar-refractivity contribution in [1.82, 2.24) is 4.57 Å². The average Bonchev–Trinajstić information content (AvgIpc) is 3.22. The molecular weight excluding hydrogens is 422 g/mol. The van der Waals surface area contributed by atoms with Gasteiger partial charge in [-0.15, -0.1) is 0 Å². The van der Waals surface area contributed by atoms with Gasteiger partial charge in [0.15, 0.2) is 27.9 Å². The minimum absolute atomic E-state index is 0.00559. The lowest BCUT2D eigenvalue weighted by Gasteiger charge is -2.16. The van der Waals surface area contributed by atoms with Gasteiger partial charge in [0.1, 0.15) is 0 Å². The van der Waals surface area contributed by atoms with E-state index in [0.29, 0.717) is 29.8 Å². The molecule has 0 bridgehead atoms. The Kier molecular flexibility index (Phi) is 6.74. The highest BCUT2D eigenvalue weighted by atomic mass is 32.2. The molecule has 0 radical (unpaired) electrons. The monoisotopic (exact) mass is 449 g/mol. The van der Waals surface area contributed by atoms with Gasteiger partial charge in [-0.2, -0.15) is 0 Å². The number of carbonyl (C=O) groups excluding carboxylic acids is 2. The maximum Gasteiger partial charge on any atom is 0.306 e. The van der Waals surface area contributed by atoms with Crippen LogP contribution in [0.25, 0.3) is 0 Å². The van der Waals surface area contributed by atoms with Crippen LogP contribution in [0.15, 0.2) is 24.3 Å². The summed E-state index contributed by atoms with van der Waals surface area (Å²) in [5.41, 5.74) is 2.69. The fourth-order valence-corrected chi connectivity index (χ4v) is 5.73. The molecule has 3 rings (SSSR count). The molecule has 9 heteroatoms. The zero-order chi connectivity index (χ0) is 22.8. The third kappa shape index (κ3) is 5.28. The number of phenols is 1. The Bertz CT molecular complexity index is 1100. The lowest BCUT2D eigenvalue weighted by Crippen LogP contribution is -2.17. The van der Waals surface area contributed by atoms with E-state index < -0.39 is 15.8 Å². The van der Waals surface area contributed by atoms with Crippen molar-refractivity contribution in [3.63, 3.8) is 0 Å². The molecule has 0 saturated carbocycles. The average molecular weight is 450 g/mol. The molecule has 2 heterocycles. The molecule has 1 aliphatic heterocycles. The summed E-state index contributed by atoms with van der Waals surface area (Å²) in [5, 5.41) is 9.80. The number of Topliss-reactive ketones (excluding diaryl/α,β-unsaturated/α-hetero) is 1. The van der Waals surface area contributed by atoms with Crippen LogP contribution in [0, 0.1) is 13.8 Å². The van der Waals surface area contributed by atoms with Crippen molar-refractivity contribution >= 4 is 21.6 Å². The van der Waals surface area contributed by atoms with E-state index in [9.17, 15) is 23.1 Å². The topological polar surface area (TPSA) is 112 Å². The van der Waals surface area contributed by atoms with Gasteiger partial charge in [-0.1, -0.05) is 6.07 Å². The van der Waals surface area contributed by atoms with E-state index >= 15 is 0 Å². The van der Waals surface area contributed by atoms with Gasteiger partial charge >= 0.3 is 5.97 Å². The number of phenolic OH excluding ortho intramolecular Hbond substituents is 1. The van der Waals surface area contributed by atoms with Crippen LogP contribution in [0.1, 0.15) is 46.2 Å². The molecule has 0 spiro atoms. The van der Waals surface area contributed by atoms with Gasteiger partial charge < -0.3 is 19.1 Å². The summed E-state index contributed by atoms with van der Waals surface area (Å²) in [6.07, 6.45) is 0.954. The van der Waals surface area contributed by atoms with Crippen LogP contribution in [0.5, 0.6) is 11.5 Å². The molecule has 1 aromatic heterocycles. The summed E-state index contributed by atoms with van der Waals surface area (Å²) in [6, 6.07) is 6.43. The summed E-state index contributed by atoms with van der Waals surface area (Å²) in [5.74, 6) is -0.261. The maximum atomic E-state index is 12.6. The molecule has 2 aromatic rings. The number of aromatic nitrogens is 1. The highest BCUT2D eigenvalue weighted by Crippen LogP contribution is 2.29. The number of methoxy groups -OCH3 is 1. The van der Waals surface area contributed by atoms with Crippen LogP contribution >= 0.6 is 0 Å². The molecule has 1 unspecified atom stereocenters. The Labute approximate surface area is 181 Å². The quantitative estimate of drug-likeness (QED) is 0.487. The summed E-state index contributed by atoms with van der Waals surface area (Å²) in [4.78, 5) is 24.7. The van der Waals surface area contributed by atoms with Gasteiger partial charge in [-0.25, -0.2) is 8.42 Å². The van der Waals surface area contributed by atoms with E-state index in [-0.39, 0.29) is 42.1 Å². The number of carbonyl (C=O) groups is 2. The second kappa shape index (κ2) is 9.13. The number of hydrogen-bond acceptors (Lipinski definition) is 7. The van der Waals surface area contributed by atoms with Crippen LogP contribution in [-0.2, 0) is 25.8 Å². The smallest absolute Gasteiger partial charge is 0.306 e. The van der Waals surface area contributed by atoms with Gasteiger partial charge in [0.2, 0.25) is 5.78 Å². The van der Waals surface area contributed by atoms with Crippen LogP contribution in [0.4, 0.5) is 0 Å². The van der Waals surface area contributed by atoms with Gasteiger partial charge in [-0.3, -0.25) is 9.59 Å². The number of esters is 1. The second-order valence-electron chi connectivity index (χ2n) is 7.80. The number of ether oxygens (including phenoxy) is 2. The molecule has 31 heavy (non-hydrogen) atoms. The number of benzene rings is 1. The summed E-state index contributed by atoms with van der Waals surface area (Å²) >= 11 is 0. The van der Waals surface area contributed by atoms with E-state index in [0.717, 1.165) is 11.3 Å². The van der Waals surface area contributed by atoms with Crippen molar-refractivity contribution < 1.29 is 32.6 Å². The van der Waals surface area contributed by atoms with Gasteiger partial charge in [0.25, 0.3) is 0 Å². The molecule has 1 fully saturated rings. The predicted octanol–water partition coefficient (Wildman–Crippen LogP) is 2.54. The van der Waals surface area contributed by atoms with Gasteiger partial charge in [0, 0.05) is 29.4 Å². The lowest BCUT2D eigenvalue weighted by molar-refractivity contribution is -0.142. The Balaban J connectivity index is 1.56. The largest absolute Gasteiger partial charge is 0.504 e. The predicted molar refractivity (Wildman–Crippen MR) is 114 cm³/mol. The molecule has 1 aromatic carbocycles. The summed E-state index contributed by atoms with van der Waals surface area (Å²) in [6.45, 7) is 3.24. The van der Waals surface area contributed by atoms with Crippen LogP contribution < -0.4 is 4.74 Å². The fraction of sp³-hybridized carbons (Fsp3) is 0.455. The highest BCUT2D eigenvalue weighted by molar-refractivity contribution is 7.91. The van der Waals surface area contributed by atoms with E-state index in [1.807, 2.05) is 11.5 Å². The van der Waals surface area contributed by atoms with Crippen molar-refractivity contribution in [2.75, 3.05) is 25.2 Å². The molecule has 0 amide bonds. The van der Waals surface area contributed by atoms with E-state index in [1.54, 1.807) is 25.1 Å². The number of nitrogens with zero attached hydrogens (tertiary/aromatic N) is 1. The summed E-state index contributed by atoms with van der Waals surface area (Å²) < 4.78 is 35.6. The standard InChI is InChI=1S/C22H27NO7S/c1-14-10-18(15(2)23(14)17-8-9-31(27,28)13-17)20(25)12-30-22(26)7-5-16-4-6-21(29-3)19(24)11-16/h4,6,10-11,17,24H,5,7-9,12-13H2,1-3H3. The summed E-state index contributed by atoms with van der Waals surface area (Å²) in [7, 11) is -1.59. The van der Waals surface area contributed by atoms with Crippen molar-refractivity contribution in [1.29, 1.82) is 0 Å². The first-order valence-corrected chi connectivity index (χ1v) is 11.9. The Morgan fingerprint density at radius 3 is 2.58 bits per heavy atom. The SMILES string of the molecule is COc1ccc(CCC(=O)OCC(=O)c2cc(C)n(C3CCS(=O)(=O)C3)c2C)cc1O. The molecular formula is C22H27NO7S. The molecule has 1 atom stereocenters. The van der Waals surface area contributed by atoms with Crippen LogP contribution in [-0.4, -0.2) is 55.1 Å². The first kappa shape index (κ1) is 22.9. The van der Waals surface area contributed by atoms with Crippen molar-refractivity contribution in [2.45, 2.75) is 39.2 Å². The van der Waals surface area contributed by atoms with E-state index in [1.165, 1.54) is 13.2 Å². The molecule has 1 aliphatic rings. The molecule has 1 N–H and O–H groups in total. The number of sulfone groups is 1. The second-order valence-corrected chi connectivity index (χ2v) is 10.0. The Morgan fingerprint density at radius 2 is 1.97 bits per heavy atom. The normalized spacial score (nSPS) is 17.5. The number of hydrogen-bond donors (Lipinski definition) is 1.